The van der Waals surface area contributed by atoms with E-state index in [0.717, 1.165) is 0 Å². The van der Waals surface area contributed by atoms with E-state index in [9.17, 15) is 19.1 Å². The molecule has 0 spiro atoms. The molecule has 0 aliphatic heterocycles. The van der Waals surface area contributed by atoms with Gasteiger partial charge in [-0.25, -0.2) is 4.39 Å². The molecule has 13 heteroatoms. The van der Waals surface area contributed by atoms with Crippen molar-refractivity contribution < 1.29 is 28.6 Å². The molecular formula is C37H38FN7O5. The third-order valence-electron chi connectivity index (χ3n) is 7.19. The van der Waals surface area contributed by atoms with Crippen molar-refractivity contribution in [3.63, 3.8) is 0 Å². The first kappa shape index (κ1) is 35.4. The van der Waals surface area contributed by atoms with Crippen LogP contribution in [0.1, 0.15) is 39.1 Å². The number of ether oxygens (including phenoxy) is 2. The van der Waals surface area contributed by atoms with E-state index >= 15 is 0 Å². The van der Waals surface area contributed by atoms with Crippen molar-refractivity contribution in [2.45, 2.75) is 19.4 Å². The largest absolute Gasteiger partial charge is 0.508 e. The molecular weight excluding hydrogens is 641 g/mol. The van der Waals surface area contributed by atoms with Gasteiger partial charge in [0.15, 0.2) is 5.78 Å². The Morgan fingerprint density at radius 2 is 1.32 bits per heavy atom. The number of amides is 1. The number of carbonyl (C=O) groups is 2. The van der Waals surface area contributed by atoms with Gasteiger partial charge in [0.25, 0.3) is 5.91 Å². The summed E-state index contributed by atoms with van der Waals surface area (Å²) in [6.07, 6.45) is 1.08. The maximum absolute atomic E-state index is 13.4. The van der Waals surface area contributed by atoms with Gasteiger partial charge in [0.2, 0.25) is 17.8 Å². The number of anilines is 5. The van der Waals surface area contributed by atoms with Crippen LogP contribution in [0.15, 0.2) is 103 Å². The maximum atomic E-state index is 13.4. The molecule has 1 amide bonds. The fraction of sp³-hybridized carbons (Fsp3) is 0.216. The highest BCUT2D eigenvalue weighted by molar-refractivity contribution is 5.96. The normalized spacial score (nSPS) is 10.7. The highest BCUT2D eigenvalue weighted by atomic mass is 19.1. The first-order valence-electron chi connectivity index (χ1n) is 16.1. The van der Waals surface area contributed by atoms with Gasteiger partial charge in [-0.05, 0) is 72.6 Å². The van der Waals surface area contributed by atoms with Crippen LogP contribution in [-0.4, -0.2) is 64.7 Å². The number of phenolic OH excluding ortho intramolecular Hbond substituents is 1. The predicted octanol–water partition coefficient (Wildman–Crippen LogP) is 6.24. The molecule has 4 aromatic carbocycles. The van der Waals surface area contributed by atoms with Crippen LogP contribution in [0.5, 0.6) is 5.75 Å². The average molecular weight is 680 g/mol. The summed E-state index contributed by atoms with van der Waals surface area (Å²) in [5, 5.41) is 21.8. The van der Waals surface area contributed by atoms with Gasteiger partial charge in [-0.15, -0.1) is 0 Å². The minimum atomic E-state index is -0.360. The van der Waals surface area contributed by atoms with Gasteiger partial charge in [0, 0.05) is 48.6 Å². The zero-order chi connectivity index (χ0) is 35.0. The summed E-state index contributed by atoms with van der Waals surface area (Å²) in [5.41, 5.74) is 3.10. The Balaban J connectivity index is 1.09. The van der Waals surface area contributed by atoms with Crippen LogP contribution in [0.25, 0.3) is 0 Å². The van der Waals surface area contributed by atoms with Crippen LogP contribution in [-0.2, 0) is 16.0 Å². The molecule has 0 atom stereocenters. The number of aromatic nitrogens is 3. The molecule has 50 heavy (non-hydrogen) atoms. The maximum Gasteiger partial charge on any atom is 0.251 e. The Hall–Kier alpha value is -5.92. The van der Waals surface area contributed by atoms with Gasteiger partial charge in [-0.1, -0.05) is 42.5 Å². The summed E-state index contributed by atoms with van der Waals surface area (Å²) < 4.78 is 24.7. The zero-order valence-corrected chi connectivity index (χ0v) is 27.3. The fourth-order valence-electron chi connectivity index (χ4n) is 4.67. The number of benzene rings is 4. The minimum Gasteiger partial charge on any atom is -0.508 e. The van der Waals surface area contributed by atoms with Gasteiger partial charge < -0.3 is 35.8 Å². The number of phenols is 1. The van der Waals surface area contributed by atoms with E-state index in [1.807, 2.05) is 30.3 Å². The second kappa shape index (κ2) is 18.6. The van der Waals surface area contributed by atoms with Crippen LogP contribution < -0.4 is 21.3 Å². The van der Waals surface area contributed by atoms with Crippen molar-refractivity contribution in [3.8, 4) is 5.75 Å². The van der Waals surface area contributed by atoms with Crippen LogP contribution in [0, 0.1) is 5.82 Å². The number of hydrogen-bond acceptors (Lipinski definition) is 11. The molecule has 0 saturated carbocycles. The van der Waals surface area contributed by atoms with E-state index in [0.29, 0.717) is 79.8 Å². The standard InChI is InChI=1S/C37H38FN7O5/c38-29-9-4-6-26(24-29)25-40-34(48)28-11-13-30(14-12-28)41-36-43-35(44-37(45-36)42-31-15-17-32(46)18-16-31)39-19-21-50-23-22-49-20-5-10-33(47)27-7-2-1-3-8-27/h1-4,6-9,11-18,24,46H,5,10,19-23,25H2,(H,40,48)(H3,39,41,42,43,44,45). The van der Waals surface area contributed by atoms with E-state index in [1.165, 1.54) is 12.1 Å². The zero-order valence-electron chi connectivity index (χ0n) is 27.3. The Bertz CT molecular complexity index is 1830. The quantitative estimate of drug-likeness (QED) is 0.0382. The van der Waals surface area contributed by atoms with Gasteiger partial charge in [-0.2, -0.15) is 15.0 Å². The van der Waals surface area contributed by atoms with Crippen molar-refractivity contribution in [2.24, 2.45) is 0 Å². The molecule has 0 bridgehead atoms. The lowest BCUT2D eigenvalue weighted by molar-refractivity contribution is 0.0497. The summed E-state index contributed by atoms with van der Waals surface area (Å²) in [4.78, 5) is 38.2. The molecule has 258 valence electrons. The molecule has 5 aromatic rings. The van der Waals surface area contributed by atoms with E-state index in [4.69, 9.17) is 9.47 Å². The van der Waals surface area contributed by atoms with E-state index in [1.54, 1.807) is 60.7 Å². The number of aromatic hydroxyl groups is 1. The molecule has 5 rings (SSSR count). The Morgan fingerprint density at radius 3 is 2.00 bits per heavy atom. The molecule has 0 aliphatic carbocycles. The van der Waals surface area contributed by atoms with E-state index < -0.39 is 0 Å². The fourth-order valence-corrected chi connectivity index (χ4v) is 4.67. The lowest BCUT2D eigenvalue weighted by Gasteiger charge is -2.12. The number of nitrogens with one attached hydrogen (secondary N) is 4. The van der Waals surface area contributed by atoms with Crippen LogP contribution in [0.2, 0.25) is 0 Å². The van der Waals surface area contributed by atoms with Crippen molar-refractivity contribution in [3.05, 3.63) is 126 Å². The average Bonchev–Trinajstić information content (AvgIpc) is 3.13. The number of halogens is 1. The molecule has 0 unspecified atom stereocenters. The summed E-state index contributed by atoms with van der Waals surface area (Å²) in [7, 11) is 0. The van der Waals surface area contributed by atoms with Crippen molar-refractivity contribution in [1.29, 1.82) is 0 Å². The second-order valence-corrected chi connectivity index (χ2v) is 11.0. The van der Waals surface area contributed by atoms with E-state index in [-0.39, 0.29) is 41.7 Å². The molecule has 0 radical (unpaired) electrons. The summed E-state index contributed by atoms with van der Waals surface area (Å²) in [6.45, 7) is 2.26. The number of carbonyl (C=O) groups excluding carboxylic acids is 2. The first-order chi connectivity index (χ1) is 24.4. The molecule has 12 nitrogen and oxygen atoms in total. The number of ketones is 1. The summed E-state index contributed by atoms with van der Waals surface area (Å²) in [6, 6.07) is 28.5. The molecule has 5 N–H and O–H groups in total. The summed E-state index contributed by atoms with van der Waals surface area (Å²) in [5.74, 6) is 0.368. The van der Waals surface area contributed by atoms with Crippen LogP contribution in [0.3, 0.4) is 0 Å². The Morgan fingerprint density at radius 1 is 0.680 bits per heavy atom. The lowest BCUT2D eigenvalue weighted by Crippen LogP contribution is -2.22. The van der Waals surface area contributed by atoms with Crippen molar-refractivity contribution >= 4 is 40.9 Å². The molecule has 0 aliphatic rings. The number of hydrogen-bond donors (Lipinski definition) is 5. The monoisotopic (exact) mass is 679 g/mol. The number of nitrogens with zero attached hydrogens (tertiary/aromatic N) is 3. The minimum absolute atomic E-state index is 0.104. The van der Waals surface area contributed by atoms with Crippen molar-refractivity contribution in [1.82, 2.24) is 20.3 Å². The highest BCUT2D eigenvalue weighted by Gasteiger charge is 2.10. The van der Waals surface area contributed by atoms with Crippen LogP contribution in [0.4, 0.5) is 33.6 Å². The predicted molar refractivity (Wildman–Crippen MR) is 189 cm³/mol. The molecule has 0 fully saturated rings. The van der Waals surface area contributed by atoms with Gasteiger partial charge in [-0.3, -0.25) is 9.59 Å². The highest BCUT2D eigenvalue weighted by Crippen LogP contribution is 2.21. The smallest absolute Gasteiger partial charge is 0.251 e. The van der Waals surface area contributed by atoms with Gasteiger partial charge in [0.05, 0.1) is 19.8 Å². The molecule has 1 aromatic heterocycles. The molecule has 1 heterocycles. The molecule has 0 saturated heterocycles. The van der Waals surface area contributed by atoms with Gasteiger partial charge >= 0.3 is 0 Å². The third kappa shape index (κ3) is 11.6. The van der Waals surface area contributed by atoms with Crippen molar-refractivity contribution in [2.75, 3.05) is 48.9 Å². The van der Waals surface area contributed by atoms with Crippen LogP contribution >= 0.6 is 0 Å². The summed E-state index contributed by atoms with van der Waals surface area (Å²) >= 11 is 0. The SMILES string of the molecule is O=C(CCCOCCOCCNc1nc(Nc2ccc(O)cc2)nc(Nc2ccc(C(=O)NCc3cccc(F)c3)cc2)n1)c1ccccc1. The topological polar surface area (TPSA) is 160 Å². The van der Waals surface area contributed by atoms with E-state index in [2.05, 4.69) is 36.2 Å². The third-order valence-corrected chi connectivity index (χ3v) is 7.19. The first-order valence-corrected chi connectivity index (χ1v) is 16.1. The second-order valence-electron chi connectivity index (χ2n) is 11.0. The number of Topliss-reactive ketones (excluding diaryl/α,β-unsaturated/α-hetero) is 1. The lowest BCUT2D eigenvalue weighted by atomic mass is 10.1. The number of rotatable bonds is 19. The Labute approximate surface area is 289 Å². The van der Waals surface area contributed by atoms with Gasteiger partial charge in [0.1, 0.15) is 11.6 Å². The Kier molecular flexibility index (Phi) is 13.1.